The highest BCUT2D eigenvalue weighted by atomic mass is 16.6. The monoisotopic (exact) mass is 339 g/mol. The highest BCUT2D eigenvalue weighted by Crippen LogP contribution is 2.30. The van der Waals surface area contributed by atoms with Crippen LogP contribution in [0.25, 0.3) is 0 Å². The molecule has 7 nitrogen and oxygen atoms in total. The predicted molar refractivity (Wildman–Crippen MR) is 93.8 cm³/mol. The van der Waals surface area contributed by atoms with Gasteiger partial charge < -0.3 is 10.2 Å². The minimum atomic E-state index is -0.481. The average Bonchev–Trinajstić information content (AvgIpc) is 3.00. The third kappa shape index (κ3) is 3.35. The van der Waals surface area contributed by atoms with E-state index >= 15 is 0 Å². The van der Waals surface area contributed by atoms with Crippen LogP contribution in [-0.4, -0.2) is 23.3 Å². The van der Waals surface area contributed by atoms with Crippen LogP contribution in [0.5, 0.6) is 0 Å². The van der Waals surface area contributed by atoms with E-state index in [9.17, 15) is 19.7 Å². The Morgan fingerprint density at radius 1 is 1.24 bits per heavy atom. The van der Waals surface area contributed by atoms with Crippen LogP contribution in [0.2, 0.25) is 0 Å². The molecule has 0 unspecified atom stereocenters. The molecule has 1 aliphatic rings. The van der Waals surface area contributed by atoms with Gasteiger partial charge in [0.15, 0.2) is 0 Å². The molecule has 0 atom stereocenters. The number of carbonyl (C=O) groups is 2. The number of anilines is 2. The Balaban J connectivity index is 1.85. The first kappa shape index (κ1) is 16.6. The molecule has 0 spiro atoms. The third-order valence-electron chi connectivity index (χ3n) is 4.17. The first-order valence-corrected chi connectivity index (χ1v) is 7.93. The highest BCUT2D eigenvalue weighted by molar-refractivity contribution is 6.08. The van der Waals surface area contributed by atoms with Crippen LogP contribution < -0.4 is 10.2 Å². The maximum atomic E-state index is 12.5. The summed E-state index contributed by atoms with van der Waals surface area (Å²) in [7, 11) is 0. The Morgan fingerprint density at radius 2 is 2.00 bits per heavy atom. The Kier molecular flexibility index (Phi) is 4.47. The van der Waals surface area contributed by atoms with Gasteiger partial charge in [0.05, 0.1) is 16.3 Å². The molecular formula is C18H17N3O4. The number of nitrogens with zero attached hydrogens (tertiary/aromatic N) is 2. The van der Waals surface area contributed by atoms with Crippen molar-refractivity contribution in [2.24, 2.45) is 0 Å². The van der Waals surface area contributed by atoms with E-state index in [1.165, 1.54) is 18.2 Å². The minimum Gasteiger partial charge on any atom is -0.320 e. The molecule has 0 aliphatic carbocycles. The van der Waals surface area contributed by atoms with E-state index in [-0.39, 0.29) is 17.5 Å². The lowest BCUT2D eigenvalue weighted by Gasteiger charge is -2.20. The van der Waals surface area contributed by atoms with Crippen molar-refractivity contribution >= 4 is 28.9 Å². The van der Waals surface area contributed by atoms with Crippen molar-refractivity contribution in [3.05, 3.63) is 63.7 Å². The summed E-state index contributed by atoms with van der Waals surface area (Å²) in [5.74, 6) is -0.343. The highest BCUT2D eigenvalue weighted by Gasteiger charge is 2.24. The van der Waals surface area contributed by atoms with Crippen LogP contribution in [-0.2, 0) is 4.79 Å². The van der Waals surface area contributed by atoms with Crippen molar-refractivity contribution in [3.8, 4) is 0 Å². The van der Waals surface area contributed by atoms with E-state index in [1.54, 1.807) is 30.0 Å². The van der Waals surface area contributed by atoms with Crippen LogP contribution in [0.15, 0.2) is 42.5 Å². The van der Waals surface area contributed by atoms with Gasteiger partial charge in [0.2, 0.25) is 5.91 Å². The lowest BCUT2D eigenvalue weighted by molar-refractivity contribution is -0.385. The minimum absolute atomic E-state index is 0.0281. The van der Waals surface area contributed by atoms with Crippen LogP contribution in [0.4, 0.5) is 17.1 Å². The maximum Gasteiger partial charge on any atom is 0.272 e. The van der Waals surface area contributed by atoms with Gasteiger partial charge in [-0.3, -0.25) is 19.7 Å². The van der Waals surface area contributed by atoms with E-state index in [4.69, 9.17) is 0 Å². The van der Waals surface area contributed by atoms with Crippen LogP contribution in [0.1, 0.15) is 28.8 Å². The first-order valence-electron chi connectivity index (χ1n) is 7.93. The van der Waals surface area contributed by atoms with Gasteiger partial charge in [-0.25, -0.2) is 0 Å². The number of amides is 2. The molecule has 2 amide bonds. The molecule has 2 aromatic carbocycles. The summed E-state index contributed by atoms with van der Waals surface area (Å²) in [6, 6.07) is 11.3. The molecule has 0 saturated carbocycles. The van der Waals surface area contributed by atoms with Crippen LogP contribution in [0, 0.1) is 17.0 Å². The SMILES string of the molecule is Cc1cc(C(=O)Nc2ccccc2N2CCCC2=O)ccc1[N+](=O)[O-]. The molecule has 1 saturated heterocycles. The second-order valence-corrected chi connectivity index (χ2v) is 5.88. The molecule has 0 bridgehead atoms. The fourth-order valence-electron chi connectivity index (χ4n) is 2.91. The standard InChI is InChI=1S/C18H17N3O4/c1-12-11-13(8-9-15(12)21(24)25)18(23)19-14-5-2-3-6-16(14)20-10-4-7-17(20)22/h2-3,5-6,8-9,11H,4,7,10H2,1H3,(H,19,23). The zero-order valence-corrected chi connectivity index (χ0v) is 13.7. The van der Waals surface area contributed by atoms with Crippen LogP contribution >= 0.6 is 0 Å². The van der Waals surface area contributed by atoms with Gasteiger partial charge in [-0.2, -0.15) is 0 Å². The summed E-state index contributed by atoms with van der Waals surface area (Å²) >= 11 is 0. The average molecular weight is 339 g/mol. The maximum absolute atomic E-state index is 12.5. The molecular weight excluding hydrogens is 322 g/mol. The zero-order chi connectivity index (χ0) is 18.0. The molecule has 0 radical (unpaired) electrons. The molecule has 7 heteroatoms. The van der Waals surface area contributed by atoms with Crippen molar-refractivity contribution in [1.82, 2.24) is 0 Å². The number of carbonyl (C=O) groups excluding carboxylic acids is 2. The number of rotatable bonds is 4. The first-order chi connectivity index (χ1) is 12.0. The van der Waals surface area contributed by atoms with Crippen molar-refractivity contribution in [2.45, 2.75) is 19.8 Å². The molecule has 1 heterocycles. The lowest BCUT2D eigenvalue weighted by Crippen LogP contribution is -2.25. The fraction of sp³-hybridized carbons (Fsp3) is 0.222. The van der Waals surface area contributed by atoms with Gasteiger partial charge in [0.1, 0.15) is 0 Å². The van der Waals surface area contributed by atoms with E-state index in [0.717, 1.165) is 6.42 Å². The Hall–Kier alpha value is -3.22. The number of para-hydroxylation sites is 2. The normalized spacial score (nSPS) is 13.8. The quantitative estimate of drug-likeness (QED) is 0.683. The van der Waals surface area contributed by atoms with Crippen molar-refractivity contribution in [1.29, 1.82) is 0 Å². The third-order valence-corrected chi connectivity index (χ3v) is 4.17. The molecule has 1 fully saturated rings. The number of benzene rings is 2. The number of hydrogen-bond donors (Lipinski definition) is 1. The number of hydrogen-bond acceptors (Lipinski definition) is 4. The van der Waals surface area contributed by atoms with E-state index in [1.807, 2.05) is 6.07 Å². The number of nitro groups is 1. The summed E-state index contributed by atoms with van der Waals surface area (Å²) in [6.45, 7) is 2.22. The molecule has 3 rings (SSSR count). The van der Waals surface area contributed by atoms with E-state index in [0.29, 0.717) is 35.5 Å². The molecule has 0 aromatic heterocycles. The molecule has 25 heavy (non-hydrogen) atoms. The Morgan fingerprint density at radius 3 is 2.64 bits per heavy atom. The molecule has 128 valence electrons. The van der Waals surface area contributed by atoms with Gasteiger partial charge in [-0.05, 0) is 37.6 Å². The van der Waals surface area contributed by atoms with Gasteiger partial charge in [0, 0.05) is 30.2 Å². The van der Waals surface area contributed by atoms with E-state index in [2.05, 4.69) is 5.32 Å². The number of aryl methyl sites for hydroxylation is 1. The summed E-state index contributed by atoms with van der Waals surface area (Å²) in [5, 5.41) is 13.7. The van der Waals surface area contributed by atoms with Gasteiger partial charge >= 0.3 is 0 Å². The lowest BCUT2D eigenvalue weighted by atomic mass is 10.1. The fourth-order valence-corrected chi connectivity index (χ4v) is 2.91. The Bertz CT molecular complexity index is 863. The van der Waals surface area contributed by atoms with Gasteiger partial charge in [0.25, 0.3) is 11.6 Å². The summed E-state index contributed by atoms with van der Waals surface area (Å²) in [6.07, 6.45) is 1.30. The van der Waals surface area contributed by atoms with Gasteiger partial charge in [-0.15, -0.1) is 0 Å². The van der Waals surface area contributed by atoms with Crippen LogP contribution in [0.3, 0.4) is 0 Å². The zero-order valence-electron chi connectivity index (χ0n) is 13.7. The summed E-state index contributed by atoms with van der Waals surface area (Å²) in [4.78, 5) is 36.6. The summed E-state index contributed by atoms with van der Waals surface area (Å²) < 4.78 is 0. The van der Waals surface area contributed by atoms with E-state index < -0.39 is 4.92 Å². The molecule has 1 aliphatic heterocycles. The second-order valence-electron chi connectivity index (χ2n) is 5.88. The largest absolute Gasteiger partial charge is 0.320 e. The number of nitro benzene ring substituents is 1. The smallest absolute Gasteiger partial charge is 0.272 e. The van der Waals surface area contributed by atoms with Crippen molar-refractivity contribution in [2.75, 3.05) is 16.8 Å². The van der Waals surface area contributed by atoms with Crippen molar-refractivity contribution < 1.29 is 14.5 Å². The summed E-state index contributed by atoms with van der Waals surface area (Å²) in [5.41, 5.74) is 1.92. The predicted octanol–water partition coefficient (Wildman–Crippen LogP) is 3.28. The molecule has 2 aromatic rings. The molecule has 1 N–H and O–H groups in total. The Labute approximate surface area is 144 Å². The van der Waals surface area contributed by atoms with Gasteiger partial charge in [-0.1, -0.05) is 12.1 Å². The topological polar surface area (TPSA) is 92.6 Å². The second kappa shape index (κ2) is 6.72. The van der Waals surface area contributed by atoms with Crippen molar-refractivity contribution in [3.63, 3.8) is 0 Å². The number of nitrogens with one attached hydrogen (secondary N) is 1.